The van der Waals surface area contributed by atoms with Gasteiger partial charge < -0.3 is 28.6 Å². The van der Waals surface area contributed by atoms with Gasteiger partial charge in [0.2, 0.25) is 0 Å². The fraction of sp³-hybridized carbons (Fsp3) is 0.925. The topological polar surface area (TPSA) is 102 Å². The van der Waals surface area contributed by atoms with Crippen molar-refractivity contribution in [3.05, 3.63) is 0 Å². The van der Waals surface area contributed by atoms with E-state index in [2.05, 4.69) is 13.8 Å². The Balaban J connectivity index is 4.14. The van der Waals surface area contributed by atoms with Crippen LogP contribution in [-0.4, -0.2) is 75.5 Å². The van der Waals surface area contributed by atoms with Crippen LogP contribution in [0.5, 0.6) is 0 Å². The zero-order chi connectivity index (χ0) is 35.7. The number of aliphatic carboxylic acids is 1. The molecule has 0 amide bonds. The second-order valence-electron chi connectivity index (χ2n) is 14.9. The molecule has 284 valence electrons. The summed E-state index contributed by atoms with van der Waals surface area (Å²) in [6.07, 6.45) is 30.2. The van der Waals surface area contributed by atoms with Crippen molar-refractivity contribution in [2.24, 2.45) is 0 Å². The number of hydrogen-bond donors (Lipinski definition) is 0. The van der Waals surface area contributed by atoms with E-state index in [0.717, 1.165) is 51.4 Å². The second-order valence-corrected chi connectivity index (χ2v) is 14.9. The Hall–Kier alpha value is -1.67. The fourth-order valence-electron chi connectivity index (χ4n) is 6.07. The smallest absolute Gasteiger partial charge is 0.306 e. The Morgan fingerprint density at radius 3 is 1.29 bits per heavy atom. The number of nitrogens with zero attached hydrogens (tertiary/aromatic N) is 1. The molecule has 0 aliphatic rings. The van der Waals surface area contributed by atoms with Crippen LogP contribution in [0.15, 0.2) is 0 Å². The Morgan fingerprint density at radius 2 is 0.917 bits per heavy atom. The summed E-state index contributed by atoms with van der Waals surface area (Å²) in [5, 5.41) is 11.5. The molecule has 0 spiro atoms. The van der Waals surface area contributed by atoms with Crippen LogP contribution in [-0.2, 0) is 28.6 Å². The highest BCUT2D eigenvalue weighted by Crippen LogP contribution is 2.15. The summed E-state index contributed by atoms with van der Waals surface area (Å²) in [4.78, 5) is 36.4. The maximum Gasteiger partial charge on any atom is 0.306 e. The maximum atomic E-state index is 12.6. The molecule has 0 heterocycles. The van der Waals surface area contributed by atoms with E-state index in [0.29, 0.717) is 12.8 Å². The van der Waals surface area contributed by atoms with Gasteiger partial charge >= 0.3 is 11.9 Å². The second kappa shape index (κ2) is 32.5. The molecule has 0 fully saturated rings. The maximum absolute atomic E-state index is 12.6. The van der Waals surface area contributed by atoms with E-state index < -0.39 is 18.1 Å². The molecule has 0 N–H and O–H groups in total. The lowest BCUT2D eigenvalue weighted by molar-refractivity contribution is -0.889. The van der Waals surface area contributed by atoms with Crippen LogP contribution in [0.1, 0.15) is 187 Å². The third kappa shape index (κ3) is 30.4. The number of unbranched alkanes of at least 4 members (excludes halogenated alkanes) is 22. The lowest BCUT2D eigenvalue weighted by Gasteiger charge is -2.34. The van der Waals surface area contributed by atoms with Crippen molar-refractivity contribution in [1.29, 1.82) is 0 Å². The molecule has 0 saturated heterocycles. The average molecular weight is 684 g/mol. The minimum absolute atomic E-state index is 0.0472. The van der Waals surface area contributed by atoms with E-state index in [4.69, 9.17) is 14.2 Å². The number of carbonyl (C=O) groups excluding carboxylic acids is 3. The van der Waals surface area contributed by atoms with Crippen molar-refractivity contribution in [3.63, 3.8) is 0 Å². The summed E-state index contributed by atoms with van der Waals surface area (Å²) in [7, 11) is 5.40. The molecule has 0 rings (SSSR count). The summed E-state index contributed by atoms with van der Waals surface area (Å²) in [5.41, 5.74) is 0. The molecule has 0 bridgehead atoms. The third-order valence-electron chi connectivity index (χ3n) is 9.24. The van der Waals surface area contributed by atoms with Gasteiger partial charge in [0.25, 0.3) is 0 Å². The summed E-state index contributed by atoms with van der Waals surface area (Å²) in [5.74, 6) is -1.74. The molecule has 8 heteroatoms. The van der Waals surface area contributed by atoms with Gasteiger partial charge in [-0.3, -0.25) is 9.59 Å². The van der Waals surface area contributed by atoms with Crippen LogP contribution in [0.4, 0.5) is 0 Å². The highest BCUT2D eigenvalue weighted by atomic mass is 16.6. The zero-order valence-corrected chi connectivity index (χ0v) is 32.2. The number of hydrogen-bond acceptors (Lipinski definition) is 7. The monoisotopic (exact) mass is 684 g/mol. The minimum Gasteiger partial charge on any atom is -0.544 e. The number of esters is 2. The standard InChI is InChI=1S/C40H77NO7/c1-6-8-10-12-13-14-15-16-17-18-19-20-21-22-23-24-25-27-29-31-39(43)48-36(35-47-38(42)30-28-26-11-9-7-2)34-46-33-32-37(40(44)45)41(3,4)5/h36-37H,6-35H2,1-5H3. The SMILES string of the molecule is CCCCCCCCCCCCCCCCCCCCCC(=O)OC(COCCC(C(=O)[O-])[N+](C)(C)C)COC(=O)CCCCCCC. The quantitative estimate of drug-likeness (QED) is 0.0369. The number of carbonyl (C=O) groups is 3. The van der Waals surface area contributed by atoms with Gasteiger partial charge in [-0.1, -0.05) is 155 Å². The molecule has 0 aromatic rings. The Bertz CT molecular complexity index is 767. The van der Waals surface area contributed by atoms with Gasteiger partial charge in [0, 0.05) is 19.3 Å². The molecule has 0 aliphatic carbocycles. The van der Waals surface area contributed by atoms with E-state index in [-0.39, 0.29) is 42.7 Å². The predicted molar refractivity (Wildman–Crippen MR) is 194 cm³/mol. The average Bonchev–Trinajstić information content (AvgIpc) is 3.03. The van der Waals surface area contributed by atoms with Crippen LogP contribution >= 0.6 is 0 Å². The summed E-state index contributed by atoms with van der Waals surface area (Å²) < 4.78 is 17.0. The van der Waals surface area contributed by atoms with Gasteiger partial charge in [-0.05, 0) is 12.8 Å². The van der Waals surface area contributed by atoms with Gasteiger partial charge in [-0.25, -0.2) is 0 Å². The molecule has 2 unspecified atom stereocenters. The van der Waals surface area contributed by atoms with Gasteiger partial charge in [0.1, 0.15) is 12.6 Å². The molecule has 0 aromatic carbocycles. The first-order valence-corrected chi connectivity index (χ1v) is 20.1. The molecule has 2 atom stereocenters. The highest BCUT2D eigenvalue weighted by Gasteiger charge is 2.25. The van der Waals surface area contributed by atoms with Gasteiger partial charge in [0.05, 0.1) is 40.3 Å². The summed E-state index contributed by atoms with van der Waals surface area (Å²) in [6, 6.07) is -0.717. The Labute approximate surface area is 296 Å². The lowest BCUT2D eigenvalue weighted by Crippen LogP contribution is -2.55. The van der Waals surface area contributed by atoms with Crippen molar-refractivity contribution < 1.29 is 38.2 Å². The highest BCUT2D eigenvalue weighted by molar-refractivity contribution is 5.70. The van der Waals surface area contributed by atoms with E-state index in [1.165, 1.54) is 103 Å². The largest absolute Gasteiger partial charge is 0.544 e. The van der Waals surface area contributed by atoms with Crippen molar-refractivity contribution >= 4 is 17.9 Å². The van der Waals surface area contributed by atoms with Crippen LogP contribution in [0.2, 0.25) is 0 Å². The number of quaternary nitrogens is 1. The molecule has 0 aliphatic heterocycles. The van der Waals surface area contributed by atoms with Crippen molar-refractivity contribution in [1.82, 2.24) is 0 Å². The van der Waals surface area contributed by atoms with E-state index in [1.54, 1.807) is 21.1 Å². The van der Waals surface area contributed by atoms with Gasteiger partial charge in [-0.15, -0.1) is 0 Å². The Kier molecular flexibility index (Phi) is 31.4. The molecule has 8 nitrogen and oxygen atoms in total. The predicted octanol–water partition coefficient (Wildman–Crippen LogP) is 8.86. The van der Waals surface area contributed by atoms with Crippen molar-refractivity contribution in [3.8, 4) is 0 Å². The first-order chi connectivity index (χ1) is 23.1. The Morgan fingerprint density at radius 1 is 0.542 bits per heavy atom. The summed E-state index contributed by atoms with van der Waals surface area (Å²) in [6.45, 7) is 4.59. The molecule has 0 saturated carbocycles. The van der Waals surface area contributed by atoms with Gasteiger partial charge in [-0.2, -0.15) is 0 Å². The number of ether oxygens (including phenoxy) is 3. The van der Waals surface area contributed by atoms with Crippen LogP contribution in [0, 0.1) is 0 Å². The first kappa shape index (κ1) is 46.3. The zero-order valence-electron chi connectivity index (χ0n) is 32.2. The van der Waals surface area contributed by atoms with E-state index >= 15 is 0 Å². The molecular weight excluding hydrogens is 606 g/mol. The van der Waals surface area contributed by atoms with Crippen LogP contribution in [0.3, 0.4) is 0 Å². The van der Waals surface area contributed by atoms with E-state index in [9.17, 15) is 19.5 Å². The molecule has 0 aromatic heterocycles. The van der Waals surface area contributed by atoms with Gasteiger partial charge in [0.15, 0.2) is 6.10 Å². The number of carboxylic acid groups (broad SMARTS) is 1. The number of rotatable bonds is 36. The fourth-order valence-corrected chi connectivity index (χ4v) is 6.07. The molecule has 0 radical (unpaired) electrons. The minimum atomic E-state index is -1.12. The normalized spacial score (nSPS) is 12.9. The van der Waals surface area contributed by atoms with Crippen LogP contribution < -0.4 is 5.11 Å². The van der Waals surface area contributed by atoms with Crippen molar-refractivity contribution in [2.45, 2.75) is 199 Å². The third-order valence-corrected chi connectivity index (χ3v) is 9.24. The van der Waals surface area contributed by atoms with E-state index in [1.807, 2.05) is 0 Å². The number of carboxylic acids is 1. The number of likely N-dealkylation sites (N-methyl/N-ethyl adjacent to an activating group) is 1. The van der Waals surface area contributed by atoms with Crippen molar-refractivity contribution in [2.75, 3.05) is 41.0 Å². The first-order valence-electron chi connectivity index (χ1n) is 20.1. The lowest BCUT2D eigenvalue weighted by atomic mass is 10.0. The van der Waals surface area contributed by atoms with Crippen LogP contribution in [0.25, 0.3) is 0 Å². The molecule has 48 heavy (non-hydrogen) atoms. The summed E-state index contributed by atoms with van der Waals surface area (Å²) >= 11 is 0. The molecular formula is C40H77NO7.